The van der Waals surface area contributed by atoms with Gasteiger partial charge in [0.2, 0.25) is 5.88 Å². The molecule has 1 N–H and O–H groups in total. The summed E-state index contributed by atoms with van der Waals surface area (Å²) in [5, 5.41) is 6.34. The number of rotatable bonds is 6. The van der Waals surface area contributed by atoms with Gasteiger partial charge in [-0.15, -0.1) is 11.3 Å². The van der Waals surface area contributed by atoms with Crippen molar-refractivity contribution in [2.75, 3.05) is 11.9 Å². The van der Waals surface area contributed by atoms with Crippen LogP contribution in [0.1, 0.15) is 32.2 Å². The summed E-state index contributed by atoms with van der Waals surface area (Å²) in [5.74, 6) is 1.33. The van der Waals surface area contributed by atoms with Gasteiger partial charge in [-0.25, -0.2) is 15.0 Å². The van der Waals surface area contributed by atoms with Gasteiger partial charge >= 0.3 is 0 Å². The summed E-state index contributed by atoms with van der Waals surface area (Å²) in [4.78, 5) is 12.6. The molecular formula is C13H18N4OS. The zero-order valence-corrected chi connectivity index (χ0v) is 12.2. The number of nitrogens with one attached hydrogen (secondary N) is 1. The SMILES string of the molecule is CCCOc1cc(NC(C)(C)c2nccs2)ncn1. The highest BCUT2D eigenvalue weighted by Crippen LogP contribution is 2.26. The van der Waals surface area contributed by atoms with Crippen LogP contribution in [0.3, 0.4) is 0 Å². The molecule has 0 unspecified atom stereocenters. The lowest BCUT2D eigenvalue weighted by atomic mass is 10.1. The summed E-state index contributed by atoms with van der Waals surface area (Å²) in [6, 6.07) is 1.81. The Bertz CT molecular complexity index is 513. The molecule has 0 atom stereocenters. The fraction of sp³-hybridized carbons (Fsp3) is 0.462. The number of nitrogens with zero attached hydrogens (tertiary/aromatic N) is 3. The van der Waals surface area contributed by atoms with E-state index in [1.165, 1.54) is 6.33 Å². The third-order valence-electron chi connectivity index (χ3n) is 2.50. The van der Waals surface area contributed by atoms with E-state index in [1.54, 1.807) is 17.5 Å². The van der Waals surface area contributed by atoms with Gasteiger partial charge in [0.05, 0.1) is 12.1 Å². The predicted octanol–water partition coefficient (Wildman–Crippen LogP) is 3.07. The molecule has 0 aliphatic carbocycles. The molecule has 0 saturated heterocycles. The number of hydrogen-bond donors (Lipinski definition) is 1. The van der Waals surface area contributed by atoms with Gasteiger partial charge < -0.3 is 10.1 Å². The molecule has 2 aromatic rings. The van der Waals surface area contributed by atoms with Gasteiger partial charge in [0, 0.05) is 17.6 Å². The lowest BCUT2D eigenvalue weighted by Crippen LogP contribution is -2.28. The Balaban J connectivity index is 2.10. The average molecular weight is 278 g/mol. The van der Waals surface area contributed by atoms with Crippen molar-refractivity contribution < 1.29 is 4.74 Å². The van der Waals surface area contributed by atoms with Crippen LogP contribution in [-0.4, -0.2) is 21.6 Å². The molecule has 19 heavy (non-hydrogen) atoms. The Morgan fingerprint density at radius 2 is 2.16 bits per heavy atom. The van der Waals surface area contributed by atoms with Crippen molar-refractivity contribution in [2.45, 2.75) is 32.7 Å². The Morgan fingerprint density at radius 1 is 1.32 bits per heavy atom. The molecule has 0 aromatic carbocycles. The molecule has 2 rings (SSSR count). The highest BCUT2D eigenvalue weighted by Gasteiger charge is 2.23. The van der Waals surface area contributed by atoms with E-state index >= 15 is 0 Å². The zero-order chi connectivity index (χ0) is 13.7. The molecule has 2 heterocycles. The Morgan fingerprint density at radius 3 is 2.84 bits per heavy atom. The van der Waals surface area contributed by atoms with E-state index < -0.39 is 0 Å². The molecule has 6 heteroatoms. The minimum atomic E-state index is -0.273. The number of anilines is 1. The molecule has 0 bridgehead atoms. The highest BCUT2D eigenvalue weighted by molar-refractivity contribution is 7.09. The first kappa shape index (κ1) is 13.7. The Hall–Kier alpha value is -1.69. The molecule has 0 fully saturated rings. The van der Waals surface area contributed by atoms with Crippen LogP contribution >= 0.6 is 11.3 Å². The summed E-state index contributed by atoms with van der Waals surface area (Å²) in [7, 11) is 0. The topological polar surface area (TPSA) is 59.9 Å². The smallest absolute Gasteiger partial charge is 0.218 e. The average Bonchev–Trinajstić information content (AvgIpc) is 2.91. The molecule has 5 nitrogen and oxygen atoms in total. The van der Waals surface area contributed by atoms with Gasteiger partial charge in [-0.05, 0) is 20.3 Å². The summed E-state index contributed by atoms with van der Waals surface area (Å²) in [6.45, 7) is 6.86. The van der Waals surface area contributed by atoms with E-state index in [-0.39, 0.29) is 5.54 Å². The van der Waals surface area contributed by atoms with Gasteiger partial charge in [-0.1, -0.05) is 6.92 Å². The maximum absolute atomic E-state index is 5.50. The van der Waals surface area contributed by atoms with E-state index in [9.17, 15) is 0 Å². The first-order chi connectivity index (χ1) is 9.12. The van der Waals surface area contributed by atoms with Crippen LogP contribution in [0.5, 0.6) is 5.88 Å². The van der Waals surface area contributed by atoms with Crippen molar-refractivity contribution >= 4 is 17.2 Å². The molecule has 0 saturated carbocycles. The lowest BCUT2D eigenvalue weighted by molar-refractivity contribution is 0.305. The maximum Gasteiger partial charge on any atom is 0.218 e. The van der Waals surface area contributed by atoms with Gasteiger partial charge in [0.15, 0.2) is 0 Å². The van der Waals surface area contributed by atoms with E-state index in [1.807, 2.05) is 11.4 Å². The fourth-order valence-electron chi connectivity index (χ4n) is 1.60. The summed E-state index contributed by atoms with van der Waals surface area (Å²) < 4.78 is 5.50. The monoisotopic (exact) mass is 278 g/mol. The molecule has 0 spiro atoms. The largest absolute Gasteiger partial charge is 0.478 e. The molecular weight excluding hydrogens is 260 g/mol. The van der Waals surface area contributed by atoms with Crippen LogP contribution in [-0.2, 0) is 5.54 Å². The number of hydrogen-bond acceptors (Lipinski definition) is 6. The summed E-state index contributed by atoms with van der Waals surface area (Å²) in [5.41, 5.74) is -0.273. The van der Waals surface area contributed by atoms with E-state index in [2.05, 4.69) is 41.0 Å². The summed E-state index contributed by atoms with van der Waals surface area (Å²) in [6.07, 6.45) is 4.27. The van der Waals surface area contributed by atoms with Gasteiger partial charge in [0.1, 0.15) is 17.2 Å². The quantitative estimate of drug-likeness (QED) is 0.880. The number of ether oxygens (including phenoxy) is 1. The van der Waals surface area contributed by atoms with E-state index in [0.29, 0.717) is 12.5 Å². The van der Waals surface area contributed by atoms with Crippen molar-refractivity contribution in [3.8, 4) is 5.88 Å². The third-order valence-corrected chi connectivity index (χ3v) is 3.60. The van der Waals surface area contributed by atoms with Crippen LogP contribution in [0.4, 0.5) is 5.82 Å². The normalized spacial score (nSPS) is 11.3. The van der Waals surface area contributed by atoms with E-state index in [0.717, 1.165) is 17.2 Å². The van der Waals surface area contributed by atoms with E-state index in [4.69, 9.17) is 4.74 Å². The lowest BCUT2D eigenvalue weighted by Gasteiger charge is -2.24. The van der Waals surface area contributed by atoms with Crippen molar-refractivity contribution in [2.24, 2.45) is 0 Å². The molecule has 2 aromatic heterocycles. The van der Waals surface area contributed by atoms with Crippen molar-refractivity contribution in [3.05, 3.63) is 29.0 Å². The van der Waals surface area contributed by atoms with Crippen LogP contribution < -0.4 is 10.1 Å². The van der Waals surface area contributed by atoms with Crippen LogP contribution in [0.15, 0.2) is 24.0 Å². The maximum atomic E-state index is 5.50. The van der Waals surface area contributed by atoms with Crippen LogP contribution in [0.2, 0.25) is 0 Å². The molecule has 0 aliphatic rings. The first-order valence-electron chi connectivity index (χ1n) is 6.25. The second-order valence-electron chi connectivity index (χ2n) is 4.68. The van der Waals surface area contributed by atoms with Crippen molar-refractivity contribution in [3.63, 3.8) is 0 Å². The standard InChI is InChI=1S/C13H18N4OS/c1-4-6-18-11-8-10(15-9-16-11)17-13(2,3)12-14-5-7-19-12/h5,7-9H,4,6H2,1-3H3,(H,15,16,17). The van der Waals surface area contributed by atoms with Crippen LogP contribution in [0, 0.1) is 0 Å². The molecule has 102 valence electrons. The predicted molar refractivity (Wildman–Crippen MR) is 76.6 cm³/mol. The minimum absolute atomic E-state index is 0.273. The molecule has 0 aliphatic heterocycles. The first-order valence-corrected chi connectivity index (χ1v) is 7.13. The zero-order valence-electron chi connectivity index (χ0n) is 11.4. The van der Waals surface area contributed by atoms with Gasteiger partial charge in [-0.2, -0.15) is 0 Å². The fourth-order valence-corrected chi connectivity index (χ4v) is 2.32. The molecule has 0 radical (unpaired) electrons. The van der Waals surface area contributed by atoms with Gasteiger partial charge in [0.25, 0.3) is 0 Å². The Kier molecular flexibility index (Phi) is 4.31. The van der Waals surface area contributed by atoms with Crippen molar-refractivity contribution in [1.29, 1.82) is 0 Å². The molecule has 0 amide bonds. The minimum Gasteiger partial charge on any atom is -0.478 e. The van der Waals surface area contributed by atoms with Crippen LogP contribution in [0.25, 0.3) is 0 Å². The second kappa shape index (κ2) is 5.97. The number of aromatic nitrogens is 3. The van der Waals surface area contributed by atoms with Crippen molar-refractivity contribution in [1.82, 2.24) is 15.0 Å². The third kappa shape index (κ3) is 3.64. The second-order valence-corrected chi connectivity index (χ2v) is 5.57. The van der Waals surface area contributed by atoms with Gasteiger partial charge in [-0.3, -0.25) is 0 Å². The Labute approximate surface area is 117 Å². The number of thiazole rings is 1. The summed E-state index contributed by atoms with van der Waals surface area (Å²) >= 11 is 1.62. The highest BCUT2D eigenvalue weighted by atomic mass is 32.1.